The van der Waals surface area contributed by atoms with Gasteiger partial charge in [0.1, 0.15) is 12.2 Å². The number of para-hydroxylation sites is 1. The molecule has 0 unspecified atom stereocenters. The summed E-state index contributed by atoms with van der Waals surface area (Å²) < 4.78 is 5.88. The second kappa shape index (κ2) is 7.12. The van der Waals surface area contributed by atoms with Crippen molar-refractivity contribution in [3.05, 3.63) is 35.7 Å². The maximum absolute atomic E-state index is 12.7. The number of anilines is 1. The number of nitrogens with zero attached hydrogens (tertiary/aromatic N) is 7. The van der Waals surface area contributed by atoms with E-state index >= 15 is 0 Å². The largest absolute Gasteiger partial charge is 0.493 e. The summed E-state index contributed by atoms with van der Waals surface area (Å²) in [4.78, 5) is 16.5. The molecule has 0 fully saturated rings. The van der Waals surface area contributed by atoms with Gasteiger partial charge in [0.05, 0.1) is 19.6 Å². The van der Waals surface area contributed by atoms with Crippen molar-refractivity contribution >= 4 is 28.3 Å². The van der Waals surface area contributed by atoms with Crippen LogP contribution >= 0.6 is 0 Å². The number of fused-ring (bicyclic) bond motifs is 1. The molecule has 4 rings (SSSR count). The second-order valence-corrected chi connectivity index (χ2v) is 6.53. The van der Waals surface area contributed by atoms with Gasteiger partial charge in [-0.25, -0.2) is 4.63 Å². The molecule has 4 aromatic rings. The first-order valence-electron chi connectivity index (χ1n) is 8.53. The predicted molar refractivity (Wildman–Crippen MR) is 99.0 cm³/mol. The molecule has 0 bridgehead atoms. The summed E-state index contributed by atoms with van der Waals surface area (Å²) in [6.07, 6.45) is 0. The minimum absolute atomic E-state index is 0.00856. The van der Waals surface area contributed by atoms with E-state index in [4.69, 9.17) is 5.73 Å². The van der Waals surface area contributed by atoms with Crippen LogP contribution < -0.4 is 10.6 Å². The molecule has 0 aliphatic rings. The van der Waals surface area contributed by atoms with Crippen molar-refractivity contribution in [2.75, 3.05) is 19.8 Å². The lowest BCUT2D eigenvalue weighted by Crippen LogP contribution is -3.04. The Hall–Kier alpha value is -4.13. The number of amides is 1. The number of hydrogen-bond donors (Lipinski definition) is 4. The van der Waals surface area contributed by atoms with E-state index in [1.807, 2.05) is 20.2 Å². The van der Waals surface area contributed by atoms with Crippen molar-refractivity contribution in [2.24, 2.45) is 10.2 Å². The second-order valence-electron chi connectivity index (χ2n) is 6.53. The number of H-pyrrole nitrogens is 1. The molecule has 0 saturated carbocycles. The Morgan fingerprint density at radius 3 is 2.86 bits per heavy atom. The minimum Gasteiger partial charge on any atom is -0.493 e. The van der Waals surface area contributed by atoms with Gasteiger partial charge in [-0.3, -0.25) is 4.79 Å². The molecule has 1 amide bonds. The molecule has 29 heavy (non-hydrogen) atoms. The molecule has 0 aliphatic carbocycles. The molecule has 13 nitrogen and oxygen atoms in total. The molecule has 3 heterocycles. The maximum Gasteiger partial charge on any atom is 0.318 e. The first-order chi connectivity index (χ1) is 14.0. The Morgan fingerprint density at radius 1 is 1.34 bits per heavy atom. The number of aromatic nitrogens is 6. The predicted octanol–water partition coefficient (Wildman–Crippen LogP) is -0.0120. The molecule has 0 spiro atoms. The van der Waals surface area contributed by atoms with E-state index in [2.05, 4.69) is 40.5 Å². The van der Waals surface area contributed by atoms with Crippen molar-refractivity contribution in [3.63, 3.8) is 0 Å². The van der Waals surface area contributed by atoms with Crippen LogP contribution in [0.4, 0.5) is 11.5 Å². The summed E-state index contributed by atoms with van der Waals surface area (Å²) in [6, 6.07) is 7.12. The SMILES string of the molecule is C[NH+](C)Cc1c(C(=O)N=Nc2c(O)[nH]c3ccccc23)nnn1-c1nonc1N. The molecular formula is C16H17N10O3+. The number of quaternary nitrogens is 1. The zero-order valence-electron chi connectivity index (χ0n) is 15.5. The summed E-state index contributed by atoms with van der Waals surface area (Å²) >= 11 is 0. The molecule has 1 aromatic carbocycles. The zero-order valence-corrected chi connectivity index (χ0v) is 15.5. The fraction of sp³-hybridized carbons (Fsp3) is 0.188. The first-order valence-corrected chi connectivity index (χ1v) is 8.53. The van der Waals surface area contributed by atoms with Crippen LogP contribution in [0.25, 0.3) is 16.7 Å². The van der Waals surface area contributed by atoms with Crippen LogP contribution in [0.1, 0.15) is 16.2 Å². The van der Waals surface area contributed by atoms with Crippen LogP contribution in [0.2, 0.25) is 0 Å². The van der Waals surface area contributed by atoms with Gasteiger partial charge in [0.15, 0.2) is 11.4 Å². The highest BCUT2D eigenvalue weighted by molar-refractivity contribution is 5.96. The van der Waals surface area contributed by atoms with E-state index in [-0.39, 0.29) is 28.9 Å². The lowest BCUT2D eigenvalue weighted by Gasteiger charge is -2.08. The Morgan fingerprint density at radius 2 is 2.14 bits per heavy atom. The number of aromatic hydroxyl groups is 1. The molecule has 148 valence electrons. The van der Waals surface area contributed by atoms with E-state index < -0.39 is 5.91 Å². The maximum atomic E-state index is 12.7. The number of hydrogen-bond acceptors (Lipinski definition) is 9. The number of nitrogen functional groups attached to an aromatic ring is 1. The van der Waals surface area contributed by atoms with Gasteiger partial charge in [-0.05, 0) is 16.4 Å². The molecule has 5 N–H and O–H groups in total. The molecule has 0 atom stereocenters. The average Bonchev–Trinajstić information content (AvgIpc) is 3.36. The Balaban J connectivity index is 1.71. The molecule has 0 aliphatic heterocycles. The van der Waals surface area contributed by atoms with Crippen molar-refractivity contribution < 1.29 is 19.4 Å². The van der Waals surface area contributed by atoms with Crippen LogP contribution in [0, 0.1) is 0 Å². The number of carbonyl (C=O) groups excluding carboxylic acids is 1. The van der Waals surface area contributed by atoms with Gasteiger partial charge in [0.2, 0.25) is 17.5 Å². The van der Waals surface area contributed by atoms with E-state index in [9.17, 15) is 9.90 Å². The van der Waals surface area contributed by atoms with Crippen LogP contribution in [0.5, 0.6) is 5.88 Å². The van der Waals surface area contributed by atoms with E-state index in [0.717, 1.165) is 4.90 Å². The average molecular weight is 397 g/mol. The highest BCUT2D eigenvalue weighted by Gasteiger charge is 2.26. The summed E-state index contributed by atoms with van der Waals surface area (Å²) in [5.74, 6) is -0.786. The van der Waals surface area contributed by atoms with Crippen LogP contribution in [-0.2, 0) is 6.54 Å². The van der Waals surface area contributed by atoms with Gasteiger partial charge in [-0.2, -0.15) is 4.68 Å². The summed E-state index contributed by atoms with van der Waals surface area (Å²) in [5.41, 5.74) is 6.96. The van der Waals surface area contributed by atoms with Crippen LogP contribution in [-0.4, -0.2) is 55.4 Å². The van der Waals surface area contributed by atoms with Gasteiger partial charge in [0, 0.05) is 5.39 Å². The van der Waals surface area contributed by atoms with Crippen LogP contribution in [0.3, 0.4) is 0 Å². The minimum atomic E-state index is -0.729. The smallest absolute Gasteiger partial charge is 0.318 e. The highest BCUT2D eigenvalue weighted by Crippen LogP contribution is 2.35. The van der Waals surface area contributed by atoms with Crippen molar-refractivity contribution in [1.82, 2.24) is 30.3 Å². The standard InChI is InChI=1S/C16H16N10O3/c1-25(2)7-10-12(20-24-26(10)14-13(17)22-29-23-14)16(28)21-19-11-8-5-3-4-6-9(8)18-15(11)27/h3-6,18,27H,7H2,1-2H3,(H2,17,22)/p+1. The quantitative estimate of drug-likeness (QED) is 0.339. The fourth-order valence-corrected chi connectivity index (χ4v) is 2.83. The molecule has 3 aromatic heterocycles. The van der Waals surface area contributed by atoms with Crippen molar-refractivity contribution in [2.45, 2.75) is 6.54 Å². The number of benzene rings is 1. The fourth-order valence-electron chi connectivity index (χ4n) is 2.83. The number of rotatable bonds is 5. The molecule has 13 heteroatoms. The summed E-state index contributed by atoms with van der Waals surface area (Å²) in [7, 11) is 3.78. The Bertz CT molecular complexity index is 1220. The third-order valence-electron chi connectivity index (χ3n) is 4.08. The Kier molecular flexibility index (Phi) is 4.48. The van der Waals surface area contributed by atoms with Gasteiger partial charge in [0.25, 0.3) is 0 Å². The molecular weight excluding hydrogens is 380 g/mol. The number of nitrogens with two attached hydrogens (primary N) is 1. The number of carbonyl (C=O) groups is 1. The normalized spacial score (nSPS) is 11.8. The number of aromatic amines is 1. The lowest BCUT2D eigenvalue weighted by atomic mass is 10.2. The summed E-state index contributed by atoms with van der Waals surface area (Å²) in [6.45, 7) is 0.369. The van der Waals surface area contributed by atoms with E-state index in [1.165, 1.54) is 4.68 Å². The van der Waals surface area contributed by atoms with Crippen molar-refractivity contribution in [3.8, 4) is 11.7 Å². The molecule has 0 radical (unpaired) electrons. The first kappa shape index (κ1) is 18.2. The highest BCUT2D eigenvalue weighted by atomic mass is 16.6. The topological polar surface area (TPSA) is 178 Å². The Labute approximate surface area is 162 Å². The van der Waals surface area contributed by atoms with E-state index in [0.29, 0.717) is 23.1 Å². The molecule has 0 saturated heterocycles. The van der Waals surface area contributed by atoms with Gasteiger partial charge >= 0.3 is 5.91 Å². The van der Waals surface area contributed by atoms with Crippen molar-refractivity contribution in [1.29, 1.82) is 0 Å². The zero-order chi connectivity index (χ0) is 20.5. The van der Waals surface area contributed by atoms with Gasteiger partial charge in [-0.15, -0.1) is 15.3 Å². The lowest BCUT2D eigenvalue weighted by molar-refractivity contribution is -0.873. The monoisotopic (exact) mass is 397 g/mol. The van der Waals surface area contributed by atoms with Gasteiger partial charge in [-0.1, -0.05) is 23.4 Å². The van der Waals surface area contributed by atoms with Gasteiger partial charge < -0.3 is 20.7 Å². The van der Waals surface area contributed by atoms with E-state index in [1.54, 1.807) is 18.2 Å². The number of nitrogens with one attached hydrogen (secondary N) is 2. The number of azo groups is 1. The van der Waals surface area contributed by atoms with Crippen LogP contribution in [0.15, 0.2) is 39.1 Å². The summed E-state index contributed by atoms with van der Waals surface area (Å²) in [5, 5.41) is 33.4. The third kappa shape index (κ3) is 3.29. The third-order valence-corrected chi connectivity index (χ3v) is 4.08.